The predicted octanol–water partition coefficient (Wildman–Crippen LogP) is 3.66. The van der Waals surface area contributed by atoms with Crippen molar-refractivity contribution in [3.05, 3.63) is 50.2 Å². The fourth-order valence-corrected chi connectivity index (χ4v) is 2.51. The van der Waals surface area contributed by atoms with E-state index in [1.807, 2.05) is 6.92 Å². The summed E-state index contributed by atoms with van der Waals surface area (Å²) in [6.07, 6.45) is 2.91. The van der Waals surface area contributed by atoms with Crippen molar-refractivity contribution >= 4 is 46.4 Å². The molecule has 0 saturated heterocycles. The van der Waals surface area contributed by atoms with Gasteiger partial charge in [-0.05, 0) is 24.6 Å². The van der Waals surface area contributed by atoms with Gasteiger partial charge in [-0.1, -0.05) is 36.5 Å². The van der Waals surface area contributed by atoms with Crippen LogP contribution < -0.4 is 16.2 Å². The molecule has 0 radical (unpaired) electrons. The zero-order valence-corrected chi connectivity index (χ0v) is 15.3. The third-order valence-corrected chi connectivity index (χ3v) is 3.85. The van der Waals surface area contributed by atoms with Crippen LogP contribution in [0.5, 0.6) is 0 Å². The highest BCUT2D eigenvalue weighted by Gasteiger charge is 2.23. The van der Waals surface area contributed by atoms with E-state index in [1.165, 1.54) is 18.2 Å². The summed E-state index contributed by atoms with van der Waals surface area (Å²) in [7, 11) is 0. The van der Waals surface area contributed by atoms with Crippen LogP contribution in [-0.2, 0) is 0 Å². The molecule has 2 aromatic rings. The van der Waals surface area contributed by atoms with E-state index in [0.717, 1.165) is 19.2 Å². The first-order valence-corrected chi connectivity index (χ1v) is 8.44. The first-order valence-electron chi connectivity index (χ1n) is 7.68. The number of nitro groups is 1. The molecule has 0 aliphatic heterocycles. The molecule has 0 unspecified atom stereocenters. The Bertz CT molecular complexity index is 818. The molecule has 0 aliphatic carbocycles. The zero-order valence-electron chi connectivity index (χ0n) is 13.8. The number of anilines is 2. The van der Waals surface area contributed by atoms with Gasteiger partial charge in [0.15, 0.2) is 0 Å². The van der Waals surface area contributed by atoms with E-state index in [4.69, 9.17) is 23.2 Å². The van der Waals surface area contributed by atoms with Crippen molar-refractivity contribution in [3.8, 4) is 0 Å². The van der Waals surface area contributed by atoms with Crippen molar-refractivity contribution in [2.24, 2.45) is 0 Å². The Labute approximate surface area is 159 Å². The molecule has 9 nitrogen and oxygen atoms in total. The maximum atomic E-state index is 12.2. The normalized spacial score (nSPS) is 10.3. The van der Waals surface area contributed by atoms with Gasteiger partial charge in [0.25, 0.3) is 5.91 Å². The summed E-state index contributed by atoms with van der Waals surface area (Å²) in [4.78, 5) is 30.7. The van der Waals surface area contributed by atoms with Gasteiger partial charge in [0, 0.05) is 11.6 Å². The second-order valence-electron chi connectivity index (χ2n) is 5.16. The molecule has 2 rings (SSSR count). The van der Waals surface area contributed by atoms with E-state index >= 15 is 0 Å². The number of rotatable bonds is 8. The summed E-state index contributed by atoms with van der Waals surface area (Å²) in [6.45, 7) is 2.53. The summed E-state index contributed by atoms with van der Waals surface area (Å²) >= 11 is 11.8. The first kappa shape index (κ1) is 19.7. The van der Waals surface area contributed by atoms with Crippen molar-refractivity contribution in [3.63, 3.8) is 0 Å². The lowest BCUT2D eigenvalue weighted by atomic mass is 10.2. The van der Waals surface area contributed by atoms with Gasteiger partial charge in [-0.25, -0.2) is 9.97 Å². The summed E-state index contributed by atoms with van der Waals surface area (Å²) < 4.78 is 0. The number of nitrogens with zero attached hydrogens (tertiary/aromatic N) is 3. The van der Waals surface area contributed by atoms with E-state index in [0.29, 0.717) is 11.6 Å². The SMILES string of the molecule is CCCCNc1ncnc(NNC(=O)c2ccc(Cl)cc2Cl)c1[N+](=O)[O-]. The molecule has 0 spiro atoms. The molecular formula is C15H16Cl2N6O3. The second kappa shape index (κ2) is 9.16. The number of hydrogen-bond donors (Lipinski definition) is 3. The molecule has 138 valence electrons. The summed E-state index contributed by atoms with van der Waals surface area (Å²) in [6, 6.07) is 4.36. The van der Waals surface area contributed by atoms with E-state index in [1.54, 1.807) is 0 Å². The van der Waals surface area contributed by atoms with Gasteiger partial charge in [0.1, 0.15) is 6.33 Å². The molecule has 0 atom stereocenters. The van der Waals surface area contributed by atoms with Crippen LogP contribution in [0.4, 0.5) is 17.3 Å². The van der Waals surface area contributed by atoms with Gasteiger partial charge in [0.2, 0.25) is 11.6 Å². The lowest BCUT2D eigenvalue weighted by molar-refractivity contribution is -0.383. The third-order valence-electron chi connectivity index (χ3n) is 3.30. The van der Waals surface area contributed by atoms with Crippen molar-refractivity contribution in [2.75, 3.05) is 17.3 Å². The van der Waals surface area contributed by atoms with Crippen LogP contribution in [0, 0.1) is 10.1 Å². The van der Waals surface area contributed by atoms with Crippen molar-refractivity contribution in [1.29, 1.82) is 0 Å². The largest absolute Gasteiger partial charge is 0.364 e. The molecule has 26 heavy (non-hydrogen) atoms. The molecule has 0 bridgehead atoms. The van der Waals surface area contributed by atoms with E-state index in [-0.39, 0.29) is 27.9 Å². The van der Waals surface area contributed by atoms with Crippen molar-refractivity contribution < 1.29 is 9.72 Å². The molecule has 3 N–H and O–H groups in total. The number of nitrogens with one attached hydrogen (secondary N) is 3. The van der Waals surface area contributed by atoms with E-state index in [9.17, 15) is 14.9 Å². The smallest absolute Gasteiger partial charge is 0.354 e. The van der Waals surface area contributed by atoms with Crippen LogP contribution in [0.3, 0.4) is 0 Å². The Morgan fingerprint density at radius 2 is 2.00 bits per heavy atom. The minimum Gasteiger partial charge on any atom is -0.364 e. The van der Waals surface area contributed by atoms with Crippen LogP contribution >= 0.6 is 23.2 Å². The number of benzene rings is 1. The van der Waals surface area contributed by atoms with Gasteiger partial charge in [0.05, 0.1) is 15.5 Å². The number of aromatic nitrogens is 2. The first-order chi connectivity index (χ1) is 12.4. The van der Waals surface area contributed by atoms with Crippen LogP contribution in [0.15, 0.2) is 24.5 Å². The quantitative estimate of drug-likeness (QED) is 0.352. The number of carbonyl (C=O) groups excluding carboxylic acids is 1. The van der Waals surface area contributed by atoms with Crippen LogP contribution in [-0.4, -0.2) is 27.3 Å². The highest BCUT2D eigenvalue weighted by Crippen LogP contribution is 2.28. The molecule has 0 aliphatic rings. The summed E-state index contributed by atoms with van der Waals surface area (Å²) in [5.74, 6) is -0.678. The average Bonchev–Trinajstić information content (AvgIpc) is 2.59. The van der Waals surface area contributed by atoms with Crippen molar-refractivity contribution in [1.82, 2.24) is 15.4 Å². The summed E-state index contributed by atoms with van der Waals surface area (Å²) in [5, 5.41) is 14.8. The lowest BCUT2D eigenvalue weighted by Crippen LogP contribution is -2.30. The molecule has 0 saturated carbocycles. The van der Waals surface area contributed by atoms with Crippen molar-refractivity contribution in [2.45, 2.75) is 19.8 Å². The van der Waals surface area contributed by atoms with Crippen LogP contribution in [0.2, 0.25) is 10.0 Å². The van der Waals surface area contributed by atoms with Gasteiger partial charge in [-0.2, -0.15) is 0 Å². The maximum Gasteiger partial charge on any atom is 0.354 e. The molecule has 11 heteroatoms. The zero-order chi connectivity index (χ0) is 19.1. The Balaban J connectivity index is 2.16. The number of hydrogen-bond acceptors (Lipinski definition) is 7. The number of hydrazine groups is 1. The standard InChI is InChI=1S/C15H16Cl2N6O3/c1-2-3-6-18-13-12(23(25)26)14(20-8-19-13)21-22-15(24)10-5-4-9(16)7-11(10)17/h4-5,7-8H,2-3,6H2,1H3,(H,22,24)(H2,18,19,20,21). The minimum atomic E-state index is -0.627. The molecule has 1 aromatic heterocycles. The van der Waals surface area contributed by atoms with Crippen LogP contribution in [0.1, 0.15) is 30.1 Å². The number of amides is 1. The van der Waals surface area contributed by atoms with Gasteiger partial charge < -0.3 is 5.32 Å². The molecule has 1 amide bonds. The summed E-state index contributed by atoms with van der Waals surface area (Å²) in [5.41, 5.74) is 4.55. The predicted molar refractivity (Wildman–Crippen MR) is 99.6 cm³/mol. The highest BCUT2D eigenvalue weighted by atomic mass is 35.5. The fraction of sp³-hybridized carbons (Fsp3) is 0.267. The maximum absolute atomic E-state index is 12.2. The Kier molecular flexibility index (Phi) is 6.93. The number of halogens is 2. The fourth-order valence-electron chi connectivity index (χ4n) is 2.01. The molecule has 1 aromatic carbocycles. The van der Waals surface area contributed by atoms with E-state index in [2.05, 4.69) is 26.1 Å². The second-order valence-corrected chi connectivity index (χ2v) is 6.00. The van der Waals surface area contributed by atoms with Crippen LogP contribution in [0.25, 0.3) is 0 Å². The molecule has 0 fully saturated rings. The Morgan fingerprint density at radius 1 is 1.27 bits per heavy atom. The lowest BCUT2D eigenvalue weighted by Gasteiger charge is -2.11. The molecular weight excluding hydrogens is 383 g/mol. The highest BCUT2D eigenvalue weighted by molar-refractivity contribution is 6.36. The van der Waals surface area contributed by atoms with Gasteiger partial charge >= 0.3 is 5.69 Å². The van der Waals surface area contributed by atoms with Gasteiger partial charge in [-0.3, -0.25) is 25.8 Å². The average molecular weight is 399 g/mol. The number of carbonyl (C=O) groups is 1. The number of unbranched alkanes of at least 4 members (excludes halogenated alkanes) is 1. The van der Waals surface area contributed by atoms with E-state index < -0.39 is 10.8 Å². The Hall–Kier alpha value is -2.65. The Morgan fingerprint density at radius 3 is 2.65 bits per heavy atom. The third kappa shape index (κ3) is 4.93. The topological polar surface area (TPSA) is 122 Å². The monoisotopic (exact) mass is 398 g/mol. The minimum absolute atomic E-state index is 0.0692. The van der Waals surface area contributed by atoms with Gasteiger partial charge in [-0.15, -0.1) is 0 Å². The molecule has 1 heterocycles.